The summed E-state index contributed by atoms with van der Waals surface area (Å²) in [4.78, 5) is 0. The lowest BCUT2D eigenvalue weighted by atomic mass is 10.1. The van der Waals surface area contributed by atoms with E-state index >= 15 is 0 Å². The van der Waals surface area contributed by atoms with Gasteiger partial charge in [0.2, 0.25) is 0 Å². The van der Waals surface area contributed by atoms with Gasteiger partial charge in [0.05, 0.1) is 0 Å². The first-order chi connectivity index (χ1) is 9.16. The Balaban J connectivity index is 1.84. The molecule has 0 heterocycles. The molecule has 0 aliphatic rings. The highest BCUT2D eigenvalue weighted by Gasteiger charge is 2.00. The lowest BCUT2D eigenvalue weighted by Crippen LogP contribution is -2.13. The van der Waals surface area contributed by atoms with Gasteiger partial charge in [-0.3, -0.25) is 0 Å². The highest BCUT2D eigenvalue weighted by Crippen LogP contribution is 2.19. The Morgan fingerprint density at radius 2 is 1.74 bits per heavy atom. The Bertz CT molecular complexity index is 532. The van der Waals surface area contributed by atoms with Crippen molar-refractivity contribution >= 4 is 11.4 Å². The van der Waals surface area contributed by atoms with Crippen molar-refractivity contribution in [1.29, 1.82) is 0 Å². The van der Waals surface area contributed by atoms with E-state index in [9.17, 15) is 0 Å². The maximum atomic E-state index is 5.70. The summed E-state index contributed by atoms with van der Waals surface area (Å²) in [6.07, 6.45) is 0. The maximum Gasteiger partial charge on any atom is 0.121 e. The SMILES string of the molecule is Cc1cccc(C)c1NCCOc1cccc(N)c1. The second-order valence-corrected chi connectivity index (χ2v) is 4.61. The highest BCUT2D eigenvalue weighted by atomic mass is 16.5. The van der Waals surface area contributed by atoms with Gasteiger partial charge < -0.3 is 15.8 Å². The Labute approximate surface area is 114 Å². The average molecular weight is 256 g/mol. The highest BCUT2D eigenvalue weighted by molar-refractivity contribution is 5.56. The van der Waals surface area contributed by atoms with Gasteiger partial charge in [-0.2, -0.15) is 0 Å². The molecule has 3 nitrogen and oxygen atoms in total. The van der Waals surface area contributed by atoms with Gasteiger partial charge >= 0.3 is 0 Å². The van der Waals surface area contributed by atoms with Gasteiger partial charge in [0.1, 0.15) is 12.4 Å². The summed E-state index contributed by atoms with van der Waals surface area (Å²) in [5.41, 5.74) is 10.1. The van der Waals surface area contributed by atoms with E-state index < -0.39 is 0 Å². The van der Waals surface area contributed by atoms with Crippen LogP contribution < -0.4 is 15.8 Å². The third-order valence-electron chi connectivity index (χ3n) is 3.01. The monoisotopic (exact) mass is 256 g/mol. The number of rotatable bonds is 5. The summed E-state index contributed by atoms with van der Waals surface area (Å²) in [7, 11) is 0. The number of aryl methyl sites for hydroxylation is 2. The van der Waals surface area contributed by atoms with Gasteiger partial charge in [-0.15, -0.1) is 0 Å². The van der Waals surface area contributed by atoms with Crippen LogP contribution in [0.5, 0.6) is 5.75 Å². The molecule has 19 heavy (non-hydrogen) atoms. The molecule has 0 spiro atoms. The molecule has 3 N–H and O–H groups in total. The van der Waals surface area contributed by atoms with Gasteiger partial charge in [-0.1, -0.05) is 24.3 Å². The Kier molecular flexibility index (Phi) is 4.29. The largest absolute Gasteiger partial charge is 0.492 e. The molecular formula is C16H20N2O. The van der Waals surface area contributed by atoms with Crippen LogP contribution in [0.25, 0.3) is 0 Å². The number of nitrogens with one attached hydrogen (secondary N) is 1. The summed E-state index contributed by atoms with van der Waals surface area (Å²) in [6, 6.07) is 13.8. The molecule has 0 fully saturated rings. The first-order valence-corrected chi connectivity index (χ1v) is 6.45. The zero-order valence-corrected chi connectivity index (χ0v) is 11.4. The molecular weight excluding hydrogens is 236 g/mol. The van der Waals surface area contributed by atoms with E-state index in [1.54, 1.807) is 0 Å². The zero-order chi connectivity index (χ0) is 13.7. The van der Waals surface area contributed by atoms with Crippen LogP contribution in [0.2, 0.25) is 0 Å². The van der Waals surface area contributed by atoms with Gasteiger partial charge in [0, 0.05) is 24.0 Å². The van der Waals surface area contributed by atoms with Crippen molar-refractivity contribution in [2.45, 2.75) is 13.8 Å². The Hall–Kier alpha value is -2.16. The van der Waals surface area contributed by atoms with Crippen molar-refractivity contribution in [2.24, 2.45) is 0 Å². The number of hydrogen-bond acceptors (Lipinski definition) is 3. The van der Waals surface area contributed by atoms with Gasteiger partial charge in [0.25, 0.3) is 0 Å². The normalized spacial score (nSPS) is 10.2. The molecule has 0 aromatic heterocycles. The number of anilines is 2. The molecule has 0 saturated carbocycles. The third-order valence-corrected chi connectivity index (χ3v) is 3.01. The minimum atomic E-state index is 0.608. The number of benzene rings is 2. The standard InChI is InChI=1S/C16H20N2O/c1-12-5-3-6-13(2)16(12)18-9-10-19-15-8-4-7-14(17)11-15/h3-8,11,18H,9-10,17H2,1-2H3. The van der Waals surface area contributed by atoms with E-state index in [0.29, 0.717) is 6.61 Å². The minimum Gasteiger partial charge on any atom is -0.492 e. The molecule has 2 rings (SSSR count). The van der Waals surface area contributed by atoms with E-state index in [4.69, 9.17) is 10.5 Å². The average Bonchev–Trinajstić information content (AvgIpc) is 2.37. The molecule has 0 aliphatic heterocycles. The Morgan fingerprint density at radius 1 is 1.05 bits per heavy atom. The molecule has 2 aromatic rings. The predicted molar refractivity (Wildman–Crippen MR) is 80.8 cm³/mol. The third kappa shape index (κ3) is 3.65. The van der Waals surface area contributed by atoms with E-state index in [1.165, 1.54) is 16.8 Å². The first kappa shape index (κ1) is 13.3. The van der Waals surface area contributed by atoms with Gasteiger partial charge in [-0.05, 0) is 37.1 Å². The van der Waals surface area contributed by atoms with E-state index in [-0.39, 0.29) is 0 Å². The van der Waals surface area contributed by atoms with Crippen LogP contribution in [-0.2, 0) is 0 Å². The lowest BCUT2D eigenvalue weighted by Gasteiger charge is -2.13. The molecule has 0 bridgehead atoms. The molecule has 0 amide bonds. The van der Waals surface area contributed by atoms with Crippen LogP contribution in [0.3, 0.4) is 0 Å². The van der Waals surface area contributed by atoms with Gasteiger partial charge in [-0.25, -0.2) is 0 Å². The van der Waals surface area contributed by atoms with Crippen molar-refractivity contribution in [1.82, 2.24) is 0 Å². The summed E-state index contributed by atoms with van der Waals surface area (Å²) < 4.78 is 5.65. The van der Waals surface area contributed by atoms with Crippen molar-refractivity contribution in [3.8, 4) is 5.75 Å². The van der Waals surface area contributed by atoms with Crippen molar-refractivity contribution < 1.29 is 4.74 Å². The van der Waals surface area contributed by atoms with Crippen LogP contribution in [-0.4, -0.2) is 13.2 Å². The predicted octanol–water partition coefficient (Wildman–Crippen LogP) is 3.38. The quantitative estimate of drug-likeness (QED) is 0.637. The summed E-state index contributed by atoms with van der Waals surface area (Å²) in [5.74, 6) is 0.809. The molecule has 3 heteroatoms. The maximum absolute atomic E-state index is 5.70. The van der Waals surface area contributed by atoms with Crippen LogP contribution >= 0.6 is 0 Å². The molecule has 0 radical (unpaired) electrons. The smallest absolute Gasteiger partial charge is 0.121 e. The first-order valence-electron chi connectivity index (χ1n) is 6.45. The van der Waals surface area contributed by atoms with E-state index in [1.807, 2.05) is 24.3 Å². The number of ether oxygens (including phenoxy) is 1. The fourth-order valence-electron chi connectivity index (χ4n) is 2.04. The number of nitrogens with two attached hydrogens (primary N) is 1. The number of nitrogen functional groups attached to an aromatic ring is 1. The van der Waals surface area contributed by atoms with Crippen molar-refractivity contribution in [2.75, 3.05) is 24.2 Å². The fraction of sp³-hybridized carbons (Fsp3) is 0.250. The number of hydrogen-bond donors (Lipinski definition) is 2. The molecule has 0 saturated heterocycles. The summed E-state index contributed by atoms with van der Waals surface area (Å²) in [6.45, 7) is 5.58. The summed E-state index contributed by atoms with van der Waals surface area (Å²) in [5, 5.41) is 3.41. The Morgan fingerprint density at radius 3 is 2.42 bits per heavy atom. The van der Waals surface area contributed by atoms with E-state index in [2.05, 4.69) is 37.4 Å². The van der Waals surface area contributed by atoms with Crippen molar-refractivity contribution in [3.63, 3.8) is 0 Å². The molecule has 0 aliphatic carbocycles. The van der Waals surface area contributed by atoms with Gasteiger partial charge in [0.15, 0.2) is 0 Å². The van der Waals surface area contributed by atoms with Crippen LogP contribution in [0.15, 0.2) is 42.5 Å². The number of para-hydroxylation sites is 1. The van der Waals surface area contributed by atoms with Crippen LogP contribution in [0.4, 0.5) is 11.4 Å². The zero-order valence-electron chi connectivity index (χ0n) is 11.4. The minimum absolute atomic E-state index is 0.608. The van der Waals surface area contributed by atoms with Crippen molar-refractivity contribution in [3.05, 3.63) is 53.6 Å². The second kappa shape index (κ2) is 6.14. The lowest BCUT2D eigenvalue weighted by molar-refractivity contribution is 0.333. The van der Waals surface area contributed by atoms with Crippen LogP contribution in [0, 0.1) is 13.8 Å². The summed E-state index contributed by atoms with van der Waals surface area (Å²) >= 11 is 0. The second-order valence-electron chi connectivity index (χ2n) is 4.61. The topological polar surface area (TPSA) is 47.3 Å². The molecule has 0 atom stereocenters. The van der Waals surface area contributed by atoms with E-state index in [0.717, 1.165) is 18.0 Å². The molecule has 2 aromatic carbocycles. The fourth-order valence-corrected chi connectivity index (χ4v) is 2.04. The van der Waals surface area contributed by atoms with Crippen LogP contribution in [0.1, 0.15) is 11.1 Å². The molecule has 100 valence electrons. The molecule has 0 unspecified atom stereocenters.